The van der Waals surface area contributed by atoms with Gasteiger partial charge < -0.3 is 4.74 Å². The number of ether oxygens (including phenoxy) is 1. The summed E-state index contributed by atoms with van der Waals surface area (Å²) < 4.78 is 42.6. The van der Waals surface area contributed by atoms with Crippen LogP contribution in [0.2, 0.25) is 0 Å². The number of hydrogen-bond donors (Lipinski definition) is 0. The van der Waals surface area contributed by atoms with E-state index in [1.54, 1.807) is 0 Å². The molecule has 2 nitrogen and oxygen atoms in total. The van der Waals surface area contributed by atoms with Gasteiger partial charge >= 0.3 is 5.97 Å². The van der Waals surface area contributed by atoms with E-state index < -0.39 is 30.0 Å². The second-order valence-corrected chi connectivity index (χ2v) is 2.67. The molecule has 0 unspecified atom stereocenters. The topological polar surface area (TPSA) is 26.3 Å². The first-order valence-corrected chi connectivity index (χ1v) is 3.97. The molecular formula is C10H7F3O2. The quantitative estimate of drug-likeness (QED) is 0.440. The highest BCUT2D eigenvalue weighted by Gasteiger charge is 2.10. The molecule has 0 saturated heterocycles. The van der Waals surface area contributed by atoms with Gasteiger partial charge in [-0.25, -0.2) is 18.0 Å². The average Bonchev–Trinajstić information content (AvgIpc) is 2.21. The number of benzene rings is 1. The number of rotatable bonds is 3. The molecule has 0 aliphatic carbocycles. The minimum absolute atomic E-state index is 0.232. The van der Waals surface area contributed by atoms with Gasteiger partial charge in [0, 0.05) is 17.7 Å². The van der Waals surface area contributed by atoms with Crippen LogP contribution >= 0.6 is 0 Å². The first-order chi connectivity index (χ1) is 7.04. The number of halogens is 3. The van der Waals surface area contributed by atoms with E-state index >= 15 is 0 Å². The second-order valence-electron chi connectivity index (χ2n) is 2.67. The molecule has 0 N–H and O–H groups in total. The van der Waals surface area contributed by atoms with E-state index in [-0.39, 0.29) is 5.56 Å². The Kier molecular flexibility index (Phi) is 3.49. The third kappa shape index (κ3) is 2.83. The van der Waals surface area contributed by atoms with Crippen molar-refractivity contribution in [2.75, 3.05) is 0 Å². The van der Waals surface area contributed by atoms with Crippen LogP contribution in [-0.4, -0.2) is 5.97 Å². The smallest absolute Gasteiger partial charge is 0.330 e. The lowest BCUT2D eigenvalue weighted by atomic mass is 10.2. The third-order valence-corrected chi connectivity index (χ3v) is 1.63. The Morgan fingerprint density at radius 3 is 2.47 bits per heavy atom. The fourth-order valence-electron chi connectivity index (χ4n) is 0.882. The normalized spacial score (nSPS) is 9.80. The molecule has 15 heavy (non-hydrogen) atoms. The first-order valence-electron chi connectivity index (χ1n) is 3.97. The molecule has 0 saturated carbocycles. The van der Waals surface area contributed by atoms with Crippen LogP contribution in [0.4, 0.5) is 13.2 Å². The van der Waals surface area contributed by atoms with E-state index in [0.29, 0.717) is 12.1 Å². The standard InChI is InChI=1S/C10H7F3O2/c1-2-10(14)15-5-6-3-8(12)9(13)4-7(6)11/h2-4H,1,5H2. The molecule has 1 rings (SSSR count). The first kappa shape index (κ1) is 11.3. The maximum Gasteiger partial charge on any atom is 0.330 e. The summed E-state index contributed by atoms with van der Waals surface area (Å²) in [5.41, 5.74) is -0.232. The Bertz CT molecular complexity index is 402. The summed E-state index contributed by atoms with van der Waals surface area (Å²) in [5, 5.41) is 0. The zero-order valence-electron chi connectivity index (χ0n) is 7.60. The molecular weight excluding hydrogens is 209 g/mol. The van der Waals surface area contributed by atoms with Crippen molar-refractivity contribution in [3.63, 3.8) is 0 Å². The van der Waals surface area contributed by atoms with Gasteiger partial charge in [0.1, 0.15) is 12.4 Å². The molecule has 80 valence electrons. The van der Waals surface area contributed by atoms with E-state index in [0.717, 1.165) is 6.08 Å². The molecule has 0 bridgehead atoms. The van der Waals surface area contributed by atoms with E-state index in [9.17, 15) is 18.0 Å². The lowest BCUT2D eigenvalue weighted by Crippen LogP contribution is -2.03. The Balaban J connectivity index is 2.81. The minimum atomic E-state index is -1.29. The average molecular weight is 216 g/mol. The Morgan fingerprint density at radius 2 is 1.87 bits per heavy atom. The van der Waals surface area contributed by atoms with Gasteiger partial charge in [0.25, 0.3) is 0 Å². The second kappa shape index (κ2) is 4.63. The SMILES string of the molecule is C=CC(=O)OCc1cc(F)c(F)cc1F. The fourth-order valence-corrected chi connectivity index (χ4v) is 0.882. The molecule has 0 amide bonds. The fraction of sp³-hybridized carbons (Fsp3) is 0.100. The summed E-state index contributed by atoms with van der Waals surface area (Å²) in [6.07, 6.45) is 0.887. The van der Waals surface area contributed by atoms with Gasteiger partial charge in [0.2, 0.25) is 0 Å². The Hall–Kier alpha value is -1.78. The largest absolute Gasteiger partial charge is 0.458 e. The minimum Gasteiger partial charge on any atom is -0.458 e. The molecule has 0 heterocycles. The summed E-state index contributed by atoms with van der Waals surface area (Å²) in [7, 11) is 0. The molecule has 5 heteroatoms. The highest BCUT2D eigenvalue weighted by atomic mass is 19.2. The molecule has 0 aliphatic rings. The molecule has 1 aromatic rings. The summed E-state index contributed by atoms with van der Waals surface area (Å²) in [5.74, 6) is -4.21. The van der Waals surface area contributed by atoms with Crippen molar-refractivity contribution in [3.05, 3.63) is 47.8 Å². The van der Waals surface area contributed by atoms with Crippen molar-refractivity contribution in [2.45, 2.75) is 6.61 Å². The van der Waals surface area contributed by atoms with E-state index in [4.69, 9.17) is 0 Å². The van der Waals surface area contributed by atoms with Gasteiger partial charge in [0.05, 0.1) is 0 Å². The zero-order valence-corrected chi connectivity index (χ0v) is 7.60. The molecule has 0 radical (unpaired) electrons. The summed E-state index contributed by atoms with van der Waals surface area (Å²) >= 11 is 0. The number of carbonyl (C=O) groups is 1. The maximum atomic E-state index is 13.0. The molecule has 0 spiro atoms. The molecule has 0 aliphatic heterocycles. The molecule has 0 fully saturated rings. The van der Waals surface area contributed by atoms with E-state index in [2.05, 4.69) is 11.3 Å². The Labute approximate surface area is 84.0 Å². The maximum absolute atomic E-state index is 13.0. The summed E-state index contributed by atoms with van der Waals surface area (Å²) in [6, 6.07) is 1.04. The van der Waals surface area contributed by atoms with Crippen molar-refractivity contribution in [2.24, 2.45) is 0 Å². The zero-order chi connectivity index (χ0) is 11.4. The number of carbonyl (C=O) groups excluding carboxylic acids is 1. The van der Waals surface area contributed by atoms with Crippen LogP contribution in [0.5, 0.6) is 0 Å². The van der Waals surface area contributed by atoms with Crippen LogP contribution in [0.3, 0.4) is 0 Å². The van der Waals surface area contributed by atoms with E-state index in [1.165, 1.54) is 0 Å². The predicted octanol–water partition coefficient (Wildman–Crippen LogP) is 2.33. The van der Waals surface area contributed by atoms with Crippen LogP contribution < -0.4 is 0 Å². The van der Waals surface area contributed by atoms with Crippen molar-refractivity contribution < 1.29 is 22.7 Å². The Morgan fingerprint density at radius 1 is 1.27 bits per heavy atom. The van der Waals surface area contributed by atoms with Gasteiger partial charge in [-0.05, 0) is 6.07 Å². The summed E-state index contributed by atoms with van der Waals surface area (Å²) in [4.78, 5) is 10.6. The van der Waals surface area contributed by atoms with Crippen LogP contribution in [0.25, 0.3) is 0 Å². The summed E-state index contributed by atoms with van der Waals surface area (Å²) in [6.45, 7) is 2.66. The lowest BCUT2D eigenvalue weighted by Gasteiger charge is -2.04. The van der Waals surface area contributed by atoms with Gasteiger partial charge in [-0.1, -0.05) is 6.58 Å². The monoisotopic (exact) mass is 216 g/mol. The van der Waals surface area contributed by atoms with Gasteiger partial charge in [-0.2, -0.15) is 0 Å². The molecule has 0 aromatic heterocycles. The van der Waals surface area contributed by atoms with Crippen molar-refractivity contribution in [3.8, 4) is 0 Å². The van der Waals surface area contributed by atoms with Gasteiger partial charge in [0.15, 0.2) is 11.6 Å². The van der Waals surface area contributed by atoms with Gasteiger partial charge in [-0.3, -0.25) is 0 Å². The van der Waals surface area contributed by atoms with Crippen LogP contribution in [0, 0.1) is 17.5 Å². The van der Waals surface area contributed by atoms with Crippen LogP contribution in [0.15, 0.2) is 24.8 Å². The van der Waals surface area contributed by atoms with Gasteiger partial charge in [-0.15, -0.1) is 0 Å². The number of esters is 1. The highest BCUT2D eigenvalue weighted by molar-refractivity contribution is 5.81. The van der Waals surface area contributed by atoms with Crippen LogP contribution in [0.1, 0.15) is 5.56 Å². The molecule has 1 aromatic carbocycles. The number of hydrogen-bond acceptors (Lipinski definition) is 2. The van der Waals surface area contributed by atoms with E-state index in [1.807, 2.05) is 0 Å². The molecule has 0 atom stereocenters. The van der Waals surface area contributed by atoms with Crippen molar-refractivity contribution in [1.82, 2.24) is 0 Å². The third-order valence-electron chi connectivity index (χ3n) is 1.63. The predicted molar refractivity (Wildman–Crippen MR) is 46.3 cm³/mol. The highest BCUT2D eigenvalue weighted by Crippen LogP contribution is 2.14. The van der Waals surface area contributed by atoms with Crippen molar-refractivity contribution >= 4 is 5.97 Å². The lowest BCUT2D eigenvalue weighted by molar-refractivity contribution is -0.139. The van der Waals surface area contributed by atoms with Crippen LogP contribution in [-0.2, 0) is 16.1 Å². The van der Waals surface area contributed by atoms with Crippen molar-refractivity contribution in [1.29, 1.82) is 0 Å².